The Kier molecular flexibility index (Phi) is 5.23. The van der Waals surface area contributed by atoms with Gasteiger partial charge in [-0.25, -0.2) is 4.98 Å². The zero-order valence-corrected chi connectivity index (χ0v) is 23.4. The number of imidazole rings is 1. The fraction of sp³-hybridized carbons (Fsp3) is 0. The van der Waals surface area contributed by atoms with E-state index in [-0.39, 0.29) is 0 Å². The van der Waals surface area contributed by atoms with Crippen LogP contribution in [0.3, 0.4) is 0 Å². The molecule has 0 spiro atoms. The van der Waals surface area contributed by atoms with Crippen LogP contribution >= 0.6 is 0 Å². The Morgan fingerprint density at radius 2 is 0.930 bits per heavy atom. The topological polar surface area (TPSA) is 17.8 Å². The molecule has 0 amide bonds. The van der Waals surface area contributed by atoms with Gasteiger partial charge in [0.15, 0.2) is 0 Å². The van der Waals surface area contributed by atoms with Crippen molar-refractivity contribution in [2.24, 2.45) is 0 Å². The first-order valence-corrected chi connectivity index (χ1v) is 14.7. The average molecular weight is 547 g/mol. The van der Waals surface area contributed by atoms with Gasteiger partial charge in [-0.2, -0.15) is 0 Å². The minimum atomic E-state index is 0.935. The molecule has 0 atom stereocenters. The number of hydrogen-bond donors (Lipinski definition) is 0. The molecular weight excluding hydrogens is 520 g/mol. The average Bonchev–Trinajstić information content (AvgIpc) is 3.48. The van der Waals surface area contributed by atoms with E-state index in [0.29, 0.717) is 0 Å². The van der Waals surface area contributed by atoms with E-state index in [9.17, 15) is 0 Å². The Morgan fingerprint density at radius 1 is 0.395 bits per heavy atom. The molecule has 9 aromatic rings. The third-order valence-corrected chi connectivity index (χ3v) is 8.75. The highest BCUT2D eigenvalue weighted by Gasteiger charge is 2.24. The van der Waals surface area contributed by atoms with Crippen LogP contribution in [0.15, 0.2) is 158 Å². The number of benzene rings is 8. The van der Waals surface area contributed by atoms with Crippen LogP contribution in [0.25, 0.3) is 82.7 Å². The van der Waals surface area contributed by atoms with Gasteiger partial charge in [0.2, 0.25) is 0 Å². The molecular formula is C41H26N2. The van der Waals surface area contributed by atoms with E-state index in [1.54, 1.807) is 0 Å². The molecule has 8 aromatic carbocycles. The van der Waals surface area contributed by atoms with Crippen molar-refractivity contribution in [3.8, 4) is 39.6 Å². The largest absolute Gasteiger partial charge is 0.292 e. The number of fused-ring (bicyclic) bond motifs is 2. The van der Waals surface area contributed by atoms with Crippen molar-refractivity contribution in [2.45, 2.75) is 0 Å². The summed E-state index contributed by atoms with van der Waals surface area (Å²) in [5.41, 5.74) is 6.50. The fourth-order valence-corrected chi connectivity index (χ4v) is 6.93. The van der Waals surface area contributed by atoms with Gasteiger partial charge in [0.1, 0.15) is 5.82 Å². The summed E-state index contributed by atoms with van der Waals surface area (Å²) >= 11 is 0. The molecule has 9 rings (SSSR count). The molecule has 200 valence electrons. The Labute approximate surface area is 249 Å². The molecule has 43 heavy (non-hydrogen) atoms. The summed E-state index contributed by atoms with van der Waals surface area (Å²) in [6, 6.07) is 56.5. The maximum Gasteiger partial charge on any atom is 0.146 e. The van der Waals surface area contributed by atoms with E-state index >= 15 is 0 Å². The molecule has 0 unspecified atom stereocenters. The van der Waals surface area contributed by atoms with Crippen molar-refractivity contribution in [2.75, 3.05) is 0 Å². The van der Waals surface area contributed by atoms with Gasteiger partial charge in [0.25, 0.3) is 0 Å². The molecule has 0 aliphatic rings. The smallest absolute Gasteiger partial charge is 0.146 e. The lowest BCUT2D eigenvalue weighted by Crippen LogP contribution is -2.01. The van der Waals surface area contributed by atoms with Crippen molar-refractivity contribution in [3.63, 3.8) is 0 Å². The zero-order valence-electron chi connectivity index (χ0n) is 23.4. The quantitative estimate of drug-likeness (QED) is 0.159. The van der Waals surface area contributed by atoms with Crippen LogP contribution in [0.5, 0.6) is 0 Å². The van der Waals surface area contributed by atoms with Crippen LogP contribution in [-0.2, 0) is 0 Å². The second-order valence-electron chi connectivity index (χ2n) is 11.1. The predicted octanol–water partition coefficient (Wildman–Crippen LogP) is 10.9. The molecule has 2 heteroatoms. The van der Waals surface area contributed by atoms with Crippen molar-refractivity contribution in [1.82, 2.24) is 9.55 Å². The molecule has 1 heterocycles. The summed E-state index contributed by atoms with van der Waals surface area (Å²) in [6.45, 7) is 0. The monoisotopic (exact) mass is 546 g/mol. The molecule has 2 nitrogen and oxygen atoms in total. The molecule has 1 aromatic heterocycles. The standard InChI is InChI=1S/C41H26N2/c1-4-13-28(14-5-1)39-40(29-15-6-2-7-16-29)43(30-19-8-3-9-20-30)41(42-39)36-26-25-35-32-22-11-18-27-17-10-21-31(37(27)32)33-23-12-24-34(36)38(33)35/h1-26H. The summed E-state index contributed by atoms with van der Waals surface area (Å²) in [4.78, 5) is 5.50. The zero-order chi connectivity index (χ0) is 28.3. The minimum absolute atomic E-state index is 0.935. The Morgan fingerprint density at radius 3 is 1.60 bits per heavy atom. The lowest BCUT2D eigenvalue weighted by molar-refractivity contribution is 1.08. The normalized spacial score (nSPS) is 11.7. The van der Waals surface area contributed by atoms with Crippen molar-refractivity contribution >= 4 is 43.1 Å². The number of hydrogen-bond acceptors (Lipinski definition) is 1. The summed E-state index contributed by atoms with van der Waals surface area (Å²) in [7, 11) is 0. The number of rotatable bonds is 4. The van der Waals surface area contributed by atoms with E-state index in [0.717, 1.165) is 39.6 Å². The third-order valence-electron chi connectivity index (χ3n) is 8.75. The van der Waals surface area contributed by atoms with Gasteiger partial charge in [0, 0.05) is 22.4 Å². The Hall–Kier alpha value is -5.73. The molecule has 0 aliphatic carbocycles. The van der Waals surface area contributed by atoms with Gasteiger partial charge < -0.3 is 0 Å². The summed E-state index contributed by atoms with van der Waals surface area (Å²) in [5, 5.41) is 10.3. The summed E-state index contributed by atoms with van der Waals surface area (Å²) in [6.07, 6.45) is 0. The first-order valence-electron chi connectivity index (χ1n) is 14.7. The van der Waals surface area contributed by atoms with Crippen LogP contribution in [-0.4, -0.2) is 9.55 Å². The molecule has 0 saturated heterocycles. The Bertz CT molecular complexity index is 2370. The summed E-state index contributed by atoms with van der Waals surface area (Å²) < 4.78 is 2.35. The second-order valence-corrected chi connectivity index (χ2v) is 11.1. The van der Waals surface area contributed by atoms with Crippen molar-refractivity contribution < 1.29 is 0 Å². The highest BCUT2D eigenvalue weighted by molar-refractivity contribution is 6.34. The minimum Gasteiger partial charge on any atom is -0.292 e. The fourth-order valence-electron chi connectivity index (χ4n) is 6.93. The number of nitrogens with zero attached hydrogens (tertiary/aromatic N) is 2. The molecule has 0 fully saturated rings. The number of aromatic nitrogens is 2. The van der Waals surface area contributed by atoms with Gasteiger partial charge in [0.05, 0.1) is 11.4 Å². The highest BCUT2D eigenvalue weighted by Crippen LogP contribution is 2.45. The maximum atomic E-state index is 5.50. The first-order chi connectivity index (χ1) is 21.4. The van der Waals surface area contributed by atoms with Gasteiger partial charge in [-0.3, -0.25) is 4.57 Å². The molecule has 0 N–H and O–H groups in total. The van der Waals surface area contributed by atoms with E-state index in [1.165, 1.54) is 43.1 Å². The van der Waals surface area contributed by atoms with Crippen LogP contribution in [0.2, 0.25) is 0 Å². The molecule has 0 aliphatic heterocycles. The SMILES string of the molecule is c1ccc(-c2nc(-c3ccc4c5cccc6cccc(c7cccc3c74)c65)n(-c3ccccc3)c2-c2ccccc2)cc1. The lowest BCUT2D eigenvalue weighted by atomic mass is 9.88. The molecule has 0 radical (unpaired) electrons. The van der Waals surface area contributed by atoms with E-state index in [1.807, 2.05) is 0 Å². The van der Waals surface area contributed by atoms with Gasteiger partial charge in [-0.05, 0) is 61.3 Å². The highest BCUT2D eigenvalue weighted by atomic mass is 15.1. The van der Waals surface area contributed by atoms with Crippen LogP contribution in [0.4, 0.5) is 0 Å². The van der Waals surface area contributed by atoms with Crippen LogP contribution in [0, 0.1) is 0 Å². The first kappa shape index (κ1) is 23.9. The van der Waals surface area contributed by atoms with E-state index < -0.39 is 0 Å². The van der Waals surface area contributed by atoms with Gasteiger partial charge in [-0.15, -0.1) is 0 Å². The number of para-hydroxylation sites is 1. The molecule has 0 saturated carbocycles. The maximum absolute atomic E-state index is 5.50. The third kappa shape index (κ3) is 3.57. The molecule has 0 bridgehead atoms. The van der Waals surface area contributed by atoms with Crippen LogP contribution in [0.1, 0.15) is 0 Å². The van der Waals surface area contributed by atoms with Crippen molar-refractivity contribution in [1.29, 1.82) is 0 Å². The summed E-state index contributed by atoms with van der Waals surface area (Å²) in [5.74, 6) is 0.935. The van der Waals surface area contributed by atoms with Crippen molar-refractivity contribution in [3.05, 3.63) is 158 Å². The van der Waals surface area contributed by atoms with Gasteiger partial charge in [-0.1, -0.05) is 140 Å². The van der Waals surface area contributed by atoms with Crippen LogP contribution < -0.4 is 0 Å². The predicted molar refractivity (Wildman–Crippen MR) is 181 cm³/mol. The van der Waals surface area contributed by atoms with E-state index in [2.05, 4.69) is 162 Å². The Balaban J connectivity index is 1.44. The lowest BCUT2D eigenvalue weighted by Gasteiger charge is -2.18. The second kappa shape index (κ2) is 9.40. The van der Waals surface area contributed by atoms with Gasteiger partial charge >= 0.3 is 0 Å². The van der Waals surface area contributed by atoms with E-state index in [4.69, 9.17) is 4.98 Å².